The number of urea groups is 1. The van der Waals surface area contributed by atoms with Gasteiger partial charge in [-0.25, -0.2) is 9.59 Å². The van der Waals surface area contributed by atoms with Crippen LogP contribution in [0.15, 0.2) is 12.3 Å². The third kappa shape index (κ3) is 1.87. The largest absolute Gasteiger partial charge is 0.465 e. The molecule has 1 aromatic rings. The predicted molar refractivity (Wildman–Crippen MR) is 64.9 cm³/mol. The van der Waals surface area contributed by atoms with Gasteiger partial charge in [-0.2, -0.15) is 5.10 Å². The molecule has 1 atom stereocenters. The van der Waals surface area contributed by atoms with E-state index < -0.39 is 23.6 Å². The number of carbonyl (C=O) groups excluding carboxylic acids is 2. The summed E-state index contributed by atoms with van der Waals surface area (Å²) in [6.07, 6.45) is 2.17. The standard InChI is InChI=1S/C11H13N5O4/c17-8-11(5-12-10(19)20,15-9(18)14-8)7-3-4-13-16(7)6-1-2-6/h3-4,6,12H,1-2,5H2,(H,19,20)(H2,14,15,17,18). The molecule has 1 saturated carbocycles. The van der Waals surface area contributed by atoms with Crippen LogP contribution in [0, 0.1) is 0 Å². The van der Waals surface area contributed by atoms with Crippen LogP contribution in [0.1, 0.15) is 24.6 Å². The fraction of sp³-hybridized carbons (Fsp3) is 0.455. The molecule has 1 aliphatic heterocycles. The van der Waals surface area contributed by atoms with Crippen LogP contribution in [0.2, 0.25) is 0 Å². The Labute approximate surface area is 113 Å². The third-order valence-corrected chi connectivity index (χ3v) is 3.45. The van der Waals surface area contributed by atoms with Crippen molar-refractivity contribution in [2.75, 3.05) is 6.54 Å². The number of imide groups is 1. The highest BCUT2D eigenvalue weighted by Gasteiger charge is 2.51. The van der Waals surface area contributed by atoms with Crippen LogP contribution in [0.3, 0.4) is 0 Å². The molecule has 2 heterocycles. The van der Waals surface area contributed by atoms with Crippen molar-refractivity contribution in [1.29, 1.82) is 0 Å². The SMILES string of the molecule is O=C(O)NCC1(c2ccnn2C2CC2)NC(=O)NC1=O. The molecule has 0 radical (unpaired) electrons. The van der Waals surface area contributed by atoms with Crippen molar-refractivity contribution in [3.63, 3.8) is 0 Å². The minimum atomic E-state index is -1.45. The van der Waals surface area contributed by atoms with Gasteiger partial charge in [-0.3, -0.25) is 14.8 Å². The first-order valence-electron chi connectivity index (χ1n) is 6.17. The molecule has 1 aromatic heterocycles. The van der Waals surface area contributed by atoms with Crippen molar-refractivity contribution in [2.45, 2.75) is 24.4 Å². The van der Waals surface area contributed by atoms with Crippen LogP contribution in [0.4, 0.5) is 9.59 Å². The Balaban J connectivity index is 2.00. The lowest BCUT2D eigenvalue weighted by molar-refractivity contribution is -0.124. The molecule has 2 aliphatic rings. The Morgan fingerprint density at radius 2 is 2.30 bits per heavy atom. The van der Waals surface area contributed by atoms with Crippen molar-refractivity contribution < 1.29 is 19.5 Å². The Morgan fingerprint density at radius 3 is 2.85 bits per heavy atom. The fourth-order valence-electron chi connectivity index (χ4n) is 2.36. The molecule has 0 aromatic carbocycles. The molecule has 9 heteroatoms. The first-order chi connectivity index (χ1) is 9.53. The molecule has 3 rings (SSSR count). The highest BCUT2D eigenvalue weighted by Crippen LogP contribution is 2.38. The number of hydrogen-bond donors (Lipinski definition) is 4. The Bertz CT molecular complexity index is 593. The summed E-state index contributed by atoms with van der Waals surface area (Å²) in [6, 6.07) is 1.17. The van der Waals surface area contributed by atoms with Crippen molar-refractivity contribution in [2.24, 2.45) is 0 Å². The van der Waals surface area contributed by atoms with Gasteiger partial charge >= 0.3 is 12.1 Å². The van der Waals surface area contributed by atoms with Crippen LogP contribution in [-0.2, 0) is 10.3 Å². The van der Waals surface area contributed by atoms with Crippen molar-refractivity contribution >= 4 is 18.0 Å². The lowest BCUT2D eigenvalue weighted by Crippen LogP contribution is -2.53. The van der Waals surface area contributed by atoms with E-state index in [-0.39, 0.29) is 12.6 Å². The van der Waals surface area contributed by atoms with E-state index in [0.29, 0.717) is 5.69 Å². The molecule has 20 heavy (non-hydrogen) atoms. The maximum atomic E-state index is 12.1. The number of carboxylic acid groups (broad SMARTS) is 1. The number of rotatable bonds is 4. The van der Waals surface area contributed by atoms with Gasteiger partial charge < -0.3 is 15.7 Å². The summed E-state index contributed by atoms with van der Waals surface area (Å²) >= 11 is 0. The van der Waals surface area contributed by atoms with Crippen molar-refractivity contribution in [3.8, 4) is 0 Å². The number of hydrogen-bond acceptors (Lipinski definition) is 4. The molecule has 4 N–H and O–H groups in total. The minimum absolute atomic E-state index is 0.201. The molecular weight excluding hydrogens is 266 g/mol. The second kappa shape index (κ2) is 4.22. The Hall–Kier alpha value is -2.58. The highest BCUT2D eigenvalue weighted by atomic mass is 16.4. The summed E-state index contributed by atoms with van der Waals surface area (Å²) in [7, 11) is 0. The summed E-state index contributed by atoms with van der Waals surface area (Å²) in [5, 5.41) is 19.7. The second-order valence-corrected chi connectivity index (χ2v) is 4.86. The number of aromatic nitrogens is 2. The van der Waals surface area contributed by atoms with Gasteiger partial charge in [-0.1, -0.05) is 0 Å². The van der Waals surface area contributed by atoms with Crippen LogP contribution in [0.25, 0.3) is 0 Å². The Morgan fingerprint density at radius 1 is 1.55 bits per heavy atom. The van der Waals surface area contributed by atoms with Gasteiger partial charge in [0.2, 0.25) is 0 Å². The second-order valence-electron chi connectivity index (χ2n) is 4.86. The van der Waals surface area contributed by atoms with Crippen molar-refractivity contribution in [3.05, 3.63) is 18.0 Å². The lowest BCUT2D eigenvalue weighted by Gasteiger charge is -2.26. The molecule has 1 saturated heterocycles. The van der Waals surface area contributed by atoms with E-state index in [0.717, 1.165) is 12.8 Å². The normalized spacial score (nSPS) is 25.2. The lowest BCUT2D eigenvalue weighted by atomic mass is 9.95. The van der Waals surface area contributed by atoms with Gasteiger partial charge in [0.25, 0.3) is 5.91 Å². The van der Waals surface area contributed by atoms with Gasteiger partial charge in [0, 0.05) is 6.20 Å². The molecule has 0 spiro atoms. The molecule has 106 valence electrons. The third-order valence-electron chi connectivity index (χ3n) is 3.45. The number of nitrogens with zero attached hydrogens (tertiary/aromatic N) is 2. The number of carbonyl (C=O) groups is 3. The van der Waals surface area contributed by atoms with Crippen LogP contribution in [0.5, 0.6) is 0 Å². The predicted octanol–water partition coefficient (Wildman–Crippen LogP) is -0.480. The molecule has 1 unspecified atom stereocenters. The summed E-state index contributed by atoms with van der Waals surface area (Å²) < 4.78 is 1.68. The molecule has 2 fully saturated rings. The van der Waals surface area contributed by atoms with E-state index in [9.17, 15) is 14.4 Å². The van der Waals surface area contributed by atoms with Crippen LogP contribution < -0.4 is 16.0 Å². The summed E-state index contributed by atoms with van der Waals surface area (Å²) in [5.41, 5.74) is -0.966. The monoisotopic (exact) mass is 279 g/mol. The van der Waals surface area contributed by atoms with Crippen molar-refractivity contribution in [1.82, 2.24) is 25.7 Å². The van der Waals surface area contributed by atoms with Gasteiger partial charge in [0.15, 0.2) is 5.54 Å². The maximum Gasteiger partial charge on any atom is 0.404 e. The number of amides is 4. The van der Waals surface area contributed by atoms with Crippen LogP contribution in [-0.4, -0.2) is 39.5 Å². The first-order valence-corrected chi connectivity index (χ1v) is 6.17. The fourth-order valence-corrected chi connectivity index (χ4v) is 2.36. The minimum Gasteiger partial charge on any atom is -0.465 e. The van der Waals surface area contributed by atoms with E-state index in [4.69, 9.17) is 5.11 Å². The molecule has 9 nitrogen and oxygen atoms in total. The van der Waals surface area contributed by atoms with Gasteiger partial charge in [0.05, 0.1) is 18.3 Å². The van der Waals surface area contributed by atoms with E-state index in [1.807, 2.05) is 0 Å². The summed E-state index contributed by atoms with van der Waals surface area (Å²) in [5.74, 6) is -0.585. The van der Waals surface area contributed by atoms with E-state index in [1.165, 1.54) is 6.20 Å². The molecule has 1 aliphatic carbocycles. The van der Waals surface area contributed by atoms with E-state index in [2.05, 4.69) is 21.0 Å². The van der Waals surface area contributed by atoms with Gasteiger partial charge in [-0.05, 0) is 18.9 Å². The first kappa shape index (κ1) is 12.5. The zero-order valence-electron chi connectivity index (χ0n) is 10.4. The molecular formula is C11H13N5O4. The van der Waals surface area contributed by atoms with Gasteiger partial charge in [-0.15, -0.1) is 0 Å². The number of nitrogens with one attached hydrogen (secondary N) is 3. The molecule has 0 bridgehead atoms. The van der Waals surface area contributed by atoms with Gasteiger partial charge in [0.1, 0.15) is 0 Å². The maximum absolute atomic E-state index is 12.1. The average molecular weight is 279 g/mol. The van der Waals surface area contributed by atoms with E-state index in [1.54, 1.807) is 10.7 Å². The summed E-state index contributed by atoms with van der Waals surface area (Å²) in [6.45, 7) is -0.252. The van der Waals surface area contributed by atoms with Crippen LogP contribution >= 0.6 is 0 Å². The summed E-state index contributed by atoms with van der Waals surface area (Å²) in [4.78, 5) is 34.3. The van der Waals surface area contributed by atoms with E-state index >= 15 is 0 Å². The average Bonchev–Trinajstić information content (AvgIpc) is 3.03. The quantitative estimate of drug-likeness (QED) is 0.554. The molecule has 4 amide bonds. The topological polar surface area (TPSA) is 125 Å². The highest BCUT2D eigenvalue weighted by molar-refractivity contribution is 6.07. The zero-order valence-corrected chi connectivity index (χ0v) is 10.4. The zero-order chi connectivity index (χ0) is 14.3. The Kier molecular flexibility index (Phi) is 2.63. The smallest absolute Gasteiger partial charge is 0.404 e.